The second-order valence-electron chi connectivity index (χ2n) is 6.75. The van der Waals surface area contributed by atoms with Gasteiger partial charge >= 0.3 is 18.0 Å². The number of alkyl carbamates (subject to hydrolysis) is 1. The molecule has 1 rings (SSSR count). The van der Waals surface area contributed by atoms with Crippen LogP contribution in [0.4, 0.5) is 4.79 Å². The van der Waals surface area contributed by atoms with Gasteiger partial charge in [-0.3, -0.25) is 4.79 Å². The fourth-order valence-electron chi connectivity index (χ4n) is 2.37. The first kappa shape index (κ1) is 23.5. The molecule has 0 aliphatic heterocycles. The Morgan fingerprint density at radius 2 is 1.71 bits per heavy atom. The fourth-order valence-corrected chi connectivity index (χ4v) is 2.37. The number of ether oxygens (including phenoxy) is 3. The van der Waals surface area contributed by atoms with Crippen molar-refractivity contribution >= 4 is 18.0 Å². The second-order valence-corrected chi connectivity index (χ2v) is 6.75. The number of hydrogen-bond donors (Lipinski definition) is 1. The largest absolute Gasteiger partial charge is 0.460 e. The maximum absolute atomic E-state index is 12.4. The third kappa shape index (κ3) is 8.88. The van der Waals surface area contributed by atoms with E-state index in [1.165, 1.54) is 0 Å². The number of amides is 1. The number of carbonyl (C=O) groups is 3. The first-order valence-corrected chi connectivity index (χ1v) is 9.70. The predicted octanol–water partition coefficient (Wildman–Crippen LogP) is 3.60. The summed E-state index contributed by atoms with van der Waals surface area (Å²) in [5, 5.41) is 2.58. The molecule has 3 atom stereocenters. The van der Waals surface area contributed by atoms with Crippen molar-refractivity contribution in [3.05, 3.63) is 35.9 Å². The van der Waals surface area contributed by atoms with Gasteiger partial charge in [-0.15, -0.1) is 0 Å². The Kier molecular flexibility index (Phi) is 10.7. The van der Waals surface area contributed by atoms with Crippen LogP contribution in [0, 0.1) is 5.92 Å². The lowest BCUT2D eigenvalue weighted by Crippen LogP contribution is -2.46. The summed E-state index contributed by atoms with van der Waals surface area (Å²) < 4.78 is 15.6. The molecule has 1 aromatic carbocycles. The van der Waals surface area contributed by atoms with Crippen LogP contribution < -0.4 is 5.32 Å². The van der Waals surface area contributed by atoms with Crippen molar-refractivity contribution < 1.29 is 28.6 Å². The summed E-state index contributed by atoms with van der Waals surface area (Å²) in [4.78, 5) is 36.0. The maximum Gasteiger partial charge on any atom is 0.408 e. The molecule has 0 radical (unpaired) electrons. The highest BCUT2D eigenvalue weighted by Gasteiger charge is 2.28. The van der Waals surface area contributed by atoms with Crippen LogP contribution in [0.5, 0.6) is 0 Å². The van der Waals surface area contributed by atoms with Gasteiger partial charge in [-0.25, -0.2) is 9.59 Å². The number of hydrogen-bond acceptors (Lipinski definition) is 6. The smallest absolute Gasteiger partial charge is 0.408 e. The molecule has 28 heavy (non-hydrogen) atoms. The van der Waals surface area contributed by atoms with Gasteiger partial charge in [0.2, 0.25) is 0 Å². The molecule has 1 unspecified atom stereocenters. The Morgan fingerprint density at radius 3 is 2.32 bits per heavy atom. The maximum atomic E-state index is 12.4. The second kappa shape index (κ2) is 12.8. The van der Waals surface area contributed by atoms with Gasteiger partial charge in [-0.2, -0.15) is 0 Å². The third-order valence-electron chi connectivity index (χ3n) is 4.20. The Bertz CT molecular complexity index is 619. The van der Waals surface area contributed by atoms with Crippen LogP contribution in [-0.2, 0) is 30.4 Å². The molecule has 0 aliphatic carbocycles. The number of nitrogens with one attached hydrogen (secondary N) is 1. The lowest BCUT2D eigenvalue weighted by atomic mass is 9.99. The molecule has 1 N–H and O–H groups in total. The fraction of sp³-hybridized carbons (Fsp3) is 0.571. The molecule has 1 amide bonds. The molecular weight excluding hydrogens is 362 g/mol. The van der Waals surface area contributed by atoms with Gasteiger partial charge in [-0.1, -0.05) is 57.5 Å². The Balaban J connectivity index is 2.52. The van der Waals surface area contributed by atoms with Gasteiger partial charge < -0.3 is 19.5 Å². The molecule has 156 valence electrons. The monoisotopic (exact) mass is 393 g/mol. The van der Waals surface area contributed by atoms with Crippen LogP contribution in [-0.4, -0.2) is 36.8 Å². The van der Waals surface area contributed by atoms with Crippen LogP contribution in [0.1, 0.15) is 52.5 Å². The summed E-state index contributed by atoms with van der Waals surface area (Å²) in [6.07, 6.45) is 0.442. The van der Waals surface area contributed by atoms with Crippen molar-refractivity contribution in [2.45, 2.75) is 65.7 Å². The van der Waals surface area contributed by atoms with E-state index in [0.29, 0.717) is 19.3 Å². The van der Waals surface area contributed by atoms with E-state index in [0.717, 1.165) is 5.56 Å². The number of benzene rings is 1. The van der Waals surface area contributed by atoms with Crippen molar-refractivity contribution in [1.82, 2.24) is 5.32 Å². The summed E-state index contributed by atoms with van der Waals surface area (Å²) in [7, 11) is 0. The number of esters is 2. The van der Waals surface area contributed by atoms with Crippen LogP contribution in [0.3, 0.4) is 0 Å². The molecule has 0 saturated heterocycles. The van der Waals surface area contributed by atoms with Gasteiger partial charge in [-0.05, 0) is 24.8 Å². The van der Waals surface area contributed by atoms with Gasteiger partial charge in [0.25, 0.3) is 0 Å². The molecular formula is C21H31NO6. The van der Waals surface area contributed by atoms with Gasteiger partial charge in [0.05, 0.1) is 0 Å². The molecule has 0 spiro atoms. The zero-order chi connectivity index (χ0) is 20.9. The van der Waals surface area contributed by atoms with Crippen LogP contribution >= 0.6 is 0 Å². The average Bonchev–Trinajstić information content (AvgIpc) is 2.69. The third-order valence-corrected chi connectivity index (χ3v) is 4.20. The van der Waals surface area contributed by atoms with Crippen molar-refractivity contribution in [2.24, 2.45) is 5.92 Å². The summed E-state index contributed by atoms with van der Waals surface area (Å²) >= 11 is 0. The Labute approximate surface area is 166 Å². The zero-order valence-corrected chi connectivity index (χ0v) is 17.1. The first-order valence-electron chi connectivity index (χ1n) is 9.70. The van der Waals surface area contributed by atoms with E-state index in [4.69, 9.17) is 14.2 Å². The Morgan fingerprint density at radius 1 is 1.04 bits per heavy atom. The highest BCUT2D eigenvalue weighted by atomic mass is 16.6. The quantitative estimate of drug-likeness (QED) is 0.456. The Hall–Kier alpha value is -2.57. The molecule has 0 aliphatic rings. The highest BCUT2D eigenvalue weighted by molar-refractivity contribution is 5.81. The molecule has 7 heteroatoms. The molecule has 1 aromatic rings. The topological polar surface area (TPSA) is 90.9 Å². The SMILES string of the molecule is CCCC(=O)OC(C)COC(=O)[C@@H](NC(=O)OCc1ccccc1)[C@@H](C)CC. The normalized spacial score (nSPS) is 13.7. The summed E-state index contributed by atoms with van der Waals surface area (Å²) in [6, 6.07) is 8.42. The van der Waals surface area contributed by atoms with Crippen molar-refractivity contribution in [1.29, 1.82) is 0 Å². The van der Waals surface area contributed by atoms with E-state index in [-0.39, 0.29) is 25.1 Å². The predicted molar refractivity (Wildman–Crippen MR) is 104 cm³/mol. The molecule has 0 fully saturated rings. The number of rotatable bonds is 11. The van der Waals surface area contributed by atoms with Crippen molar-refractivity contribution in [3.63, 3.8) is 0 Å². The van der Waals surface area contributed by atoms with Gasteiger partial charge in [0.15, 0.2) is 0 Å². The molecule has 0 heterocycles. The van der Waals surface area contributed by atoms with Crippen molar-refractivity contribution in [3.8, 4) is 0 Å². The summed E-state index contributed by atoms with van der Waals surface area (Å²) in [5.41, 5.74) is 0.850. The lowest BCUT2D eigenvalue weighted by molar-refractivity contribution is -0.159. The molecule has 7 nitrogen and oxygen atoms in total. The first-order chi connectivity index (χ1) is 13.4. The minimum atomic E-state index is -0.841. The van der Waals surface area contributed by atoms with E-state index in [9.17, 15) is 14.4 Å². The van der Waals surface area contributed by atoms with Crippen LogP contribution in [0.2, 0.25) is 0 Å². The van der Waals surface area contributed by atoms with Crippen LogP contribution in [0.25, 0.3) is 0 Å². The lowest BCUT2D eigenvalue weighted by Gasteiger charge is -2.23. The van der Waals surface area contributed by atoms with Gasteiger partial charge in [0, 0.05) is 6.42 Å². The van der Waals surface area contributed by atoms with E-state index in [2.05, 4.69) is 5.32 Å². The minimum Gasteiger partial charge on any atom is -0.460 e. The molecule has 0 saturated carbocycles. The zero-order valence-electron chi connectivity index (χ0n) is 17.1. The summed E-state index contributed by atoms with van der Waals surface area (Å²) in [5.74, 6) is -1.05. The summed E-state index contributed by atoms with van der Waals surface area (Å²) in [6.45, 7) is 7.33. The van der Waals surface area contributed by atoms with E-state index in [1.54, 1.807) is 6.92 Å². The molecule has 0 aromatic heterocycles. The minimum absolute atomic E-state index is 0.0675. The van der Waals surface area contributed by atoms with Crippen LogP contribution in [0.15, 0.2) is 30.3 Å². The van der Waals surface area contributed by atoms with E-state index < -0.39 is 24.2 Å². The van der Waals surface area contributed by atoms with E-state index in [1.807, 2.05) is 51.1 Å². The number of carbonyl (C=O) groups excluding carboxylic acids is 3. The van der Waals surface area contributed by atoms with Crippen molar-refractivity contribution in [2.75, 3.05) is 6.61 Å². The van der Waals surface area contributed by atoms with Gasteiger partial charge in [0.1, 0.15) is 25.4 Å². The standard InChI is InChI=1S/C21H31NO6/c1-5-10-18(23)28-16(4)13-26-20(24)19(15(3)6-2)22-21(25)27-14-17-11-8-7-9-12-17/h7-9,11-12,15-16,19H,5-6,10,13-14H2,1-4H3,(H,22,25)/t15-,16?,19-/m0/s1. The molecule has 0 bridgehead atoms. The van der Waals surface area contributed by atoms with E-state index >= 15 is 0 Å². The average molecular weight is 393 g/mol. The highest BCUT2D eigenvalue weighted by Crippen LogP contribution is 2.11.